The summed E-state index contributed by atoms with van der Waals surface area (Å²) >= 11 is 8.34. The molecule has 13 heavy (non-hydrogen) atoms. The van der Waals surface area contributed by atoms with Crippen LogP contribution in [0.3, 0.4) is 0 Å². The Morgan fingerprint density at radius 3 is 3.00 bits per heavy atom. The number of nitrogens with zero attached hydrogens (tertiary/aromatic N) is 2. The molecule has 0 bridgehead atoms. The summed E-state index contributed by atoms with van der Waals surface area (Å²) in [5, 5.41) is 1.82. The van der Waals surface area contributed by atoms with Gasteiger partial charge < -0.3 is 4.57 Å². The molecule has 2 aromatic rings. The van der Waals surface area contributed by atoms with Gasteiger partial charge in [0.2, 0.25) is 0 Å². The Balaban J connectivity index is 2.89. The highest BCUT2D eigenvalue weighted by Gasteiger charge is 2.08. The van der Waals surface area contributed by atoms with Crippen molar-refractivity contribution in [2.75, 3.05) is 0 Å². The molecule has 2 aromatic heterocycles. The van der Waals surface area contributed by atoms with Gasteiger partial charge in [-0.05, 0) is 29.5 Å². The van der Waals surface area contributed by atoms with Gasteiger partial charge in [-0.3, -0.25) is 4.98 Å². The number of halogens is 2. The maximum absolute atomic E-state index is 6.06. The van der Waals surface area contributed by atoms with E-state index in [9.17, 15) is 0 Å². The lowest BCUT2D eigenvalue weighted by Gasteiger charge is -2.00. The first-order chi connectivity index (χ1) is 6.24. The zero-order chi connectivity index (χ0) is 9.42. The number of hydrogen-bond acceptors (Lipinski definition) is 1. The molecule has 0 saturated heterocycles. The fourth-order valence-corrected chi connectivity index (χ4v) is 2.43. The zero-order valence-corrected chi connectivity index (χ0v) is 10.0. The molecule has 0 aromatic carbocycles. The van der Waals surface area contributed by atoms with Crippen LogP contribution in [0.4, 0.5) is 0 Å². The first-order valence-electron chi connectivity index (χ1n) is 4.02. The molecule has 4 heteroatoms. The van der Waals surface area contributed by atoms with Crippen LogP contribution >= 0.6 is 34.2 Å². The van der Waals surface area contributed by atoms with Crippen molar-refractivity contribution in [2.45, 2.75) is 13.5 Å². The average molecular weight is 307 g/mol. The summed E-state index contributed by atoms with van der Waals surface area (Å²) in [5.74, 6) is 0. The van der Waals surface area contributed by atoms with Gasteiger partial charge in [0, 0.05) is 30.5 Å². The second-order valence-corrected chi connectivity index (χ2v) is 4.35. The van der Waals surface area contributed by atoms with E-state index in [1.807, 2.05) is 18.6 Å². The number of aryl methyl sites for hydroxylation is 1. The molecule has 0 spiro atoms. The van der Waals surface area contributed by atoms with Crippen LogP contribution in [-0.4, -0.2) is 9.55 Å². The summed E-state index contributed by atoms with van der Waals surface area (Å²) in [7, 11) is 0. The summed E-state index contributed by atoms with van der Waals surface area (Å²) in [6, 6.07) is 0. The summed E-state index contributed by atoms with van der Waals surface area (Å²) < 4.78 is 3.28. The van der Waals surface area contributed by atoms with Gasteiger partial charge >= 0.3 is 0 Å². The van der Waals surface area contributed by atoms with Crippen molar-refractivity contribution in [2.24, 2.45) is 0 Å². The summed E-state index contributed by atoms with van der Waals surface area (Å²) in [6.07, 6.45) is 5.62. The molecule has 0 unspecified atom stereocenters. The van der Waals surface area contributed by atoms with Crippen LogP contribution in [0.2, 0.25) is 5.02 Å². The molecule has 0 N–H and O–H groups in total. The lowest BCUT2D eigenvalue weighted by molar-refractivity contribution is 0.796. The van der Waals surface area contributed by atoms with Crippen molar-refractivity contribution < 1.29 is 0 Å². The van der Waals surface area contributed by atoms with Gasteiger partial charge in [0.15, 0.2) is 0 Å². The summed E-state index contributed by atoms with van der Waals surface area (Å²) in [6.45, 7) is 3.04. The fraction of sp³-hybridized carbons (Fsp3) is 0.222. The molecule has 2 rings (SSSR count). The van der Waals surface area contributed by atoms with Gasteiger partial charge in [-0.1, -0.05) is 11.6 Å². The Hall–Kier alpha value is -0.290. The first-order valence-corrected chi connectivity index (χ1v) is 5.47. The Bertz CT molecular complexity index is 450. The first kappa shape index (κ1) is 9.27. The quantitative estimate of drug-likeness (QED) is 0.739. The van der Waals surface area contributed by atoms with E-state index in [1.165, 1.54) is 5.52 Å². The van der Waals surface area contributed by atoms with Crippen molar-refractivity contribution in [3.05, 3.63) is 27.2 Å². The predicted molar refractivity (Wildman–Crippen MR) is 63.1 cm³/mol. The minimum Gasteiger partial charge on any atom is -0.345 e. The van der Waals surface area contributed by atoms with Crippen LogP contribution in [0, 0.1) is 3.57 Å². The Morgan fingerprint density at radius 2 is 2.31 bits per heavy atom. The molecular weight excluding hydrogens is 298 g/mol. The van der Waals surface area contributed by atoms with Gasteiger partial charge in [-0.25, -0.2) is 0 Å². The summed E-state index contributed by atoms with van der Waals surface area (Å²) in [4.78, 5) is 4.12. The Labute approximate surface area is 95.0 Å². The molecule has 0 aliphatic heterocycles. The van der Waals surface area contributed by atoms with Crippen molar-refractivity contribution in [1.29, 1.82) is 0 Å². The topological polar surface area (TPSA) is 17.8 Å². The SMILES string of the molecule is CCn1cc(Cl)c2cncc(I)c21. The van der Waals surface area contributed by atoms with Crippen LogP contribution in [0.25, 0.3) is 10.9 Å². The van der Waals surface area contributed by atoms with Crippen molar-refractivity contribution in [1.82, 2.24) is 9.55 Å². The molecule has 0 fully saturated rings. The second-order valence-electron chi connectivity index (χ2n) is 2.78. The smallest absolute Gasteiger partial charge is 0.0677 e. The van der Waals surface area contributed by atoms with E-state index >= 15 is 0 Å². The van der Waals surface area contributed by atoms with E-state index in [4.69, 9.17) is 11.6 Å². The third-order valence-electron chi connectivity index (χ3n) is 2.03. The van der Waals surface area contributed by atoms with Crippen molar-refractivity contribution >= 4 is 45.1 Å². The molecule has 0 amide bonds. The third kappa shape index (κ3) is 1.44. The van der Waals surface area contributed by atoms with Gasteiger partial charge in [-0.2, -0.15) is 0 Å². The lowest BCUT2D eigenvalue weighted by Crippen LogP contribution is -1.92. The predicted octanol–water partition coefficient (Wildman–Crippen LogP) is 3.31. The lowest BCUT2D eigenvalue weighted by atomic mass is 10.3. The van der Waals surface area contributed by atoms with Gasteiger partial charge in [-0.15, -0.1) is 0 Å². The normalized spacial score (nSPS) is 11.0. The molecule has 0 atom stereocenters. The molecule has 2 nitrogen and oxygen atoms in total. The van der Waals surface area contributed by atoms with Gasteiger partial charge in [0.05, 0.1) is 14.1 Å². The number of rotatable bonds is 1. The van der Waals surface area contributed by atoms with Crippen molar-refractivity contribution in [3.63, 3.8) is 0 Å². The third-order valence-corrected chi connectivity index (χ3v) is 3.12. The maximum atomic E-state index is 6.06. The van der Waals surface area contributed by atoms with Gasteiger partial charge in [0.25, 0.3) is 0 Å². The van der Waals surface area contributed by atoms with E-state index in [1.54, 1.807) is 0 Å². The molecule has 0 aliphatic carbocycles. The number of fused-ring (bicyclic) bond motifs is 1. The highest BCUT2D eigenvalue weighted by atomic mass is 127. The fourth-order valence-electron chi connectivity index (χ4n) is 1.42. The molecule has 0 aliphatic rings. The van der Waals surface area contributed by atoms with Crippen molar-refractivity contribution in [3.8, 4) is 0 Å². The largest absolute Gasteiger partial charge is 0.345 e. The van der Waals surface area contributed by atoms with Crippen LogP contribution < -0.4 is 0 Å². The molecule has 2 heterocycles. The second kappa shape index (κ2) is 3.46. The average Bonchev–Trinajstić information content (AvgIpc) is 2.45. The van der Waals surface area contributed by atoms with E-state index in [0.717, 1.165) is 20.5 Å². The Kier molecular flexibility index (Phi) is 2.47. The Morgan fingerprint density at radius 1 is 1.54 bits per heavy atom. The number of aromatic nitrogens is 2. The summed E-state index contributed by atoms with van der Waals surface area (Å²) in [5.41, 5.74) is 1.18. The van der Waals surface area contributed by atoms with E-state index in [0.29, 0.717) is 0 Å². The monoisotopic (exact) mass is 306 g/mol. The maximum Gasteiger partial charge on any atom is 0.0677 e. The molecule has 0 saturated carbocycles. The van der Waals surface area contributed by atoms with Crippen LogP contribution in [0.1, 0.15) is 6.92 Å². The highest BCUT2D eigenvalue weighted by Crippen LogP contribution is 2.27. The van der Waals surface area contributed by atoms with Crippen LogP contribution in [-0.2, 0) is 6.54 Å². The minimum atomic E-state index is 0.780. The van der Waals surface area contributed by atoms with E-state index in [2.05, 4.69) is 39.1 Å². The van der Waals surface area contributed by atoms with E-state index < -0.39 is 0 Å². The molecule has 0 radical (unpaired) electrons. The number of pyridine rings is 1. The van der Waals surface area contributed by atoms with Gasteiger partial charge in [0.1, 0.15) is 0 Å². The molecular formula is C9H8ClIN2. The standard InChI is InChI=1S/C9H8ClIN2/c1-2-13-5-7(10)6-3-12-4-8(11)9(6)13/h3-5H,2H2,1H3. The molecule has 68 valence electrons. The minimum absolute atomic E-state index is 0.780. The van der Waals surface area contributed by atoms with E-state index in [-0.39, 0.29) is 0 Å². The number of hydrogen-bond donors (Lipinski definition) is 0. The van der Waals surface area contributed by atoms with Crippen LogP contribution in [0.5, 0.6) is 0 Å². The zero-order valence-electron chi connectivity index (χ0n) is 7.09. The van der Waals surface area contributed by atoms with Crippen LogP contribution in [0.15, 0.2) is 18.6 Å². The highest BCUT2D eigenvalue weighted by molar-refractivity contribution is 14.1.